The number of likely N-dealkylation sites (N-methyl/N-ethyl adjacent to an activating group) is 1. The van der Waals surface area contributed by atoms with Crippen molar-refractivity contribution in [3.8, 4) is 0 Å². The molecular weight excluding hydrogens is 219 g/mol. The van der Waals surface area contributed by atoms with E-state index in [1.54, 1.807) is 0 Å². The fraction of sp³-hybridized carbons (Fsp3) is 1.00. The molecule has 0 aromatic heterocycles. The molecule has 1 rings (SSSR count). The van der Waals surface area contributed by atoms with Crippen molar-refractivity contribution in [3.05, 3.63) is 0 Å². The number of hydrogen-bond acceptors (Lipinski definition) is 2. The Bertz CT molecular complexity index is 113. The zero-order valence-corrected chi connectivity index (χ0v) is 10.9. The first-order chi connectivity index (χ1) is 5.86. The molecule has 1 unspecified atom stereocenters. The molecule has 0 aromatic carbocycles. The number of nitrogens with one attached hydrogen (secondary N) is 1. The molecule has 0 saturated carbocycles. The standard InChI is InChI=1S/C10H22N2.2ClH/c1-3-12(4-2)9-10-7-5-6-8-11-10;;/h10-11H,3-9H2,1-2H3;2*1H. The maximum Gasteiger partial charge on any atom is 0.0195 e. The Morgan fingerprint density at radius 2 is 1.79 bits per heavy atom. The second kappa shape index (κ2) is 10.0. The molecule has 0 amide bonds. The van der Waals surface area contributed by atoms with Crippen LogP contribution in [0, 0.1) is 0 Å². The van der Waals surface area contributed by atoms with Crippen LogP contribution in [0.25, 0.3) is 0 Å². The number of halogens is 2. The monoisotopic (exact) mass is 242 g/mol. The summed E-state index contributed by atoms with van der Waals surface area (Å²) in [6, 6.07) is 0.763. The van der Waals surface area contributed by atoms with E-state index >= 15 is 0 Å². The van der Waals surface area contributed by atoms with Crippen molar-refractivity contribution >= 4 is 24.8 Å². The van der Waals surface area contributed by atoms with Gasteiger partial charge in [0.25, 0.3) is 0 Å². The fourth-order valence-corrected chi connectivity index (χ4v) is 1.87. The van der Waals surface area contributed by atoms with Crippen molar-refractivity contribution in [2.75, 3.05) is 26.2 Å². The highest BCUT2D eigenvalue weighted by Gasteiger charge is 2.14. The van der Waals surface area contributed by atoms with Crippen LogP contribution in [0.1, 0.15) is 33.1 Å². The molecule has 0 aromatic rings. The van der Waals surface area contributed by atoms with E-state index in [1.165, 1.54) is 45.4 Å². The molecule has 0 spiro atoms. The van der Waals surface area contributed by atoms with Crippen LogP contribution in [0.4, 0.5) is 0 Å². The number of hydrogen-bond donors (Lipinski definition) is 1. The van der Waals surface area contributed by atoms with E-state index in [0.717, 1.165) is 6.04 Å². The minimum Gasteiger partial charge on any atom is -0.313 e. The first kappa shape index (κ1) is 16.9. The van der Waals surface area contributed by atoms with Gasteiger partial charge in [-0.25, -0.2) is 0 Å². The molecule has 1 atom stereocenters. The summed E-state index contributed by atoms with van der Waals surface area (Å²) in [5, 5.41) is 3.58. The lowest BCUT2D eigenvalue weighted by molar-refractivity contribution is 0.243. The maximum atomic E-state index is 3.58. The van der Waals surface area contributed by atoms with Gasteiger partial charge in [-0.1, -0.05) is 20.3 Å². The topological polar surface area (TPSA) is 15.3 Å². The highest BCUT2D eigenvalue weighted by molar-refractivity contribution is 5.85. The van der Waals surface area contributed by atoms with Gasteiger partial charge in [-0.05, 0) is 32.5 Å². The lowest BCUT2D eigenvalue weighted by atomic mass is 10.0. The van der Waals surface area contributed by atoms with E-state index in [2.05, 4.69) is 24.1 Å². The third kappa shape index (κ3) is 6.07. The average Bonchev–Trinajstić information content (AvgIpc) is 2.16. The van der Waals surface area contributed by atoms with E-state index in [4.69, 9.17) is 0 Å². The molecule has 0 bridgehead atoms. The van der Waals surface area contributed by atoms with Gasteiger partial charge < -0.3 is 10.2 Å². The van der Waals surface area contributed by atoms with E-state index < -0.39 is 0 Å². The third-order valence-electron chi connectivity index (χ3n) is 2.79. The van der Waals surface area contributed by atoms with Crippen LogP contribution >= 0.6 is 24.8 Å². The second-order valence-corrected chi connectivity index (χ2v) is 3.63. The number of nitrogens with zero attached hydrogens (tertiary/aromatic N) is 1. The molecule has 1 heterocycles. The smallest absolute Gasteiger partial charge is 0.0195 e. The Morgan fingerprint density at radius 1 is 1.14 bits per heavy atom. The Balaban J connectivity index is 0. The molecule has 1 aliphatic rings. The molecule has 2 nitrogen and oxygen atoms in total. The van der Waals surface area contributed by atoms with Crippen molar-refractivity contribution in [1.29, 1.82) is 0 Å². The highest BCUT2D eigenvalue weighted by Crippen LogP contribution is 2.07. The zero-order valence-electron chi connectivity index (χ0n) is 9.29. The van der Waals surface area contributed by atoms with E-state index in [9.17, 15) is 0 Å². The van der Waals surface area contributed by atoms with Gasteiger partial charge >= 0.3 is 0 Å². The van der Waals surface area contributed by atoms with Gasteiger partial charge in [-0.3, -0.25) is 0 Å². The van der Waals surface area contributed by atoms with Crippen molar-refractivity contribution in [2.45, 2.75) is 39.2 Å². The van der Waals surface area contributed by atoms with E-state index in [1.807, 2.05) is 0 Å². The van der Waals surface area contributed by atoms with Gasteiger partial charge in [0.15, 0.2) is 0 Å². The van der Waals surface area contributed by atoms with Crippen LogP contribution in [-0.2, 0) is 0 Å². The number of rotatable bonds is 4. The first-order valence-electron chi connectivity index (χ1n) is 5.32. The predicted octanol–water partition coefficient (Wildman–Crippen LogP) is 2.31. The summed E-state index contributed by atoms with van der Waals surface area (Å²) in [5.41, 5.74) is 0. The van der Waals surface area contributed by atoms with Gasteiger partial charge in [0.1, 0.15) is 0 Å². The first-order valence-corrected chi connectivity index (χ1v) is 5.32. The molecule has 1 saturated heterocycles. The van der Waals surface area contributed by atoms with E-state index in [-0.39, 0.29) is 24.8 Å². The van der Waals surface area contributed by atoms with Crippen LogP contribution in [0.2, 0.25) is 0 Å². The minimum absolute atomic E-state index is 0. The minimum atomic E-state index is 0. The quantitative estimate of drug-likeness (QED) is 0.815. The van der Waals surface area contributed by atoms with Crippen molar-refractivity contribution < 1.29 is 0 Å². The summed E-state index contributed by atoms with van der Waals surface area (Å²) in [4.78, 5) is 2.50. The molecule has 1 N–H and O–H groups in total. The predicted molar refractivity (Wildman–Crippen MR) is 67.9 cm³/mol. The van der Waals surface area contributed by atoms with Crippen LogP contribution < -0.4 is 5.32 Å². The Labute approximate surface area is 101 Å². The van der Waals surface area contributed by atoms with Gasteiger partial charge in [0, 0.05) is 12.6 Å². The Hall–Kier alpha value is 0.500. The maximum absolute atomic E-state index is 3.58. The Kier molecular flexibility index (Phi) is 12.1. The summed E-state index contributed by atoms with van der Waals surface area (Å²) in [6.07, 6.45) is 4.16. The highest BCUT2D eigenvalue weighted by atomic mass is 35.5. The Morgan fingerprint density at radius 3 is 2.21 bits per heavy atom. The van der Waals surface area contributed by atoms with Gasteiger partial charge in [0.2, 0.25) is 0 Å². The summed E-state index contributed by atoms with van der Waals surface area (Å²) in [7, 11) is 0. The number of piperidine rings is 1. The van der Waals surface area contributed by atoms with Crippen LogP contribution in [0.3, 0.4) is 0 Å². The molecule has 88 valence electrons. The normalized spacial score (nSPS) is 21.2. The molecule has 1 fully saturated rings. The zero-order chi connectivity index (χ0) is 8.81. The van der Waals surface area contributed by atoms with Crippen LogP contribution in [0.5, 0.6) is 0 Å². The summed E-state index contributed by atoms with van der Waals surface area (Å²) >= 11 is 0. The third-order valence-corrected chi connectivity index (χ3v) is 2.79. The van der Waals surface area contributed by atoms with Crippen molar-refractivity contribution in [2.24, 2.45) is 0 Å². The van der Waals surface area contributed by atoms with Crippen molar-refractivity contribution in [1.82, 2.24) is 10.2 Å². The molecule has 0 radical (unpaired) electrons. The summed E-state index contributed by atoms with van der Waals surface area (Å²) in [5.74, 6) is 0. The SMILES string of the molecule is CCN(CC)CC1CCCCN1.Cl.Cl. The van der Waals surface area contributed by atoms with Crippen LogP contribution in [0.15, 0.2) is 0 Å². The fourth-order valence-electron chi connectivity index (χ4n) is 1.87. The lowest BCUT2D eigenvalue weighted by Crippen LogP contribution is -2.43. The summed E-state index contributed by atoms with van der Waals surface area (Å²) in [6.45, 7) is 9.33. The van der Waals surface area contributed by atoms with E-state index in [0.29, 0.717) is 0 Å². The molecular formula is C10H24Cl2N2. The van der Waals surface area contributed by atoms with Gasteiger partial charge in [-0.15, -0.1) is 24.8 Å². The van der Waals surface area contributed by atoms with Gasteiger partial charge in [0.05, 0.1) is 0 Å². The molecule has 1 aliphatic heterocycles. The molecule has 0 aliphatic carbocycles. The van der Waals surface area contributed by atoms with Gasteiger partial charge in [-0.2, -0.15) is 0 Å². The van der Waals surface area contributed by atoms with Crippen molar-refractivity contribution in [3.63, 3.8) is 0 Å². The molecule has 14 heavy (non-hydrogen) atoms. The second-order valence-electron chi connectivity index (χ2n) is 3.63. The average molecular weight is 243 g/mol. The lowest BCUT2D eigenvalue weighted by Gasteiger charge is -2.29. The summed E-state index contributed by atoms with van der Waals surface area (Å²) < 4.78 is 0. The van der Waals surface area contributed by atoms with Crippen LogP contribution in [-0.4, -0.2) is 37.1 Å². The molecule has 4 heteroatoms. The largest absolute Gasteiger partial charge is 0.313 e.